The first-order valence-electron chi connectivity index (χ1n) is 5.52. The fourth-order valence-corrected chi connectivity index (χ4v) is 2.28. The van der Waals surface area contributed by atoms with Crippen LogP contribution in [0.15, 0.2) is 28.7 Å². The second-order valence-corrected chi connectivity index (χ2v) is 4.81. The predicted octanol–water partition coefficient (Wildman–Crippen LogP) is 1.82. The number of carbonyl (C=O) groups is 1. The van der Waals surface area contributed by atoms with Gasteiger partial charge in [0.2, 0.25) is 5.91 Å². The van der Waals surface area contributed by atoms with Gasteiger partial charge in [0.25, 0.3) is 0 Å². The standard InChI is InChI=1S/C12H15BrN2O/c13-10-5-2-1-4-9(10)8-15-12(16)11-6-3-7-14-11/h1-2,4-5,11,14H,3,6-8H2,(H,15,16). The SMILES string of the molecule is O=C(NCc1ccccc1Br)C1CCCN1. The average molecular weight is 283 g/mol. The Balaban J connectivity index is 1.87. The number of carbonyl (C=O) groups excluding carboxylic acids is 1. The topological polar surface area (TPSA) is 41.1 Å². The Morgan fingerprint density at radius 3 is 3.00 bits per heavy atom. The van der Waals surface area contributed by atoms with Crippen LogP contribution in [0.25, 0.3) is 0 Å². The molecule has 4 heteroatoms. The Labute approximate surface area is 104 Å². The first kappa shape index (κ1) is 11.6. The Bertz CT molecular complexity index is 375. The van der Waals surface area contributed by atoms with Gasteiger partial charge in [0, 0.05) is 11.0 Å². The van der Waals surface area contributed by atoms with Crippen LogP contribution >= 0.6 is 15.9 Å². The van der Waals surface area contributed by atoms with Crippen LogP contribution in [0.2, 0.25) is 0 Å². The summed E-state index contributed by atoms with van der Waals surface area (Å²) >= 11 is 3.46. The van der Waals surface area contributed by atoms with Crippen LogP contribution < -0.4 is 10.6 Å². The van der Waals surface area contributed by atoms with Gasteiger partial charge >= 0.3 is 0 Å². The van der Waals surface area contributed by atoms with Crippen molar-refractivity contribution < 1.29 is 4.79 Å². The monoisotopic (exact) mass is 282 g/mol. The highest BCUT2D eigenvalue weighted by atomic mass is 79.9. The van der Waals surface area contributed by atoms with E-state index < -0.39 is 0 Å². The minimum atomic E-state index is 0.00230. The molecule has 16 heavy (non-hydrogen) atoms. The predicted molar refractivity (Wildman–Crippen MR) is 67.0 cm³/mol. The van der Waals surface area contributed by atoms with Gasteiger partial charge in [0.1, 0.15) is 0 Å². The number of rotatable bonds is 3. The van der Waals surface area contributed by atoms with Crippen molar-refractivity contribution in [3.63, 3.8) is 0 Å². The van der Waals surface area contributed by atoms with Crippen LogP contribution in [-0.4, -0.2) is 18.5 Å². The molecule has 0 aliphatic carbocycles. The van der Waals surface area contributed by atoms with Crippen molar-refractivity contribution in [1.82, 2.24) is 10.6 Å². The van der Waals surface area contributed by atoms with E-state index in [1.165, 1.54) is 0 Å². The lowest BCUT2D eigenvalue weighted by molar-refractivity contribution is -0.122. The molecule has 2 rings (SSSR count). The Morgan fingerprint density at radius 1 is 1.50 bits per heavy atom. The molecule has 1 saturated heterocycles. The van der Waals surface area contributed by atoms with E-state index in [-0.39, 0.29) is 11.9 Å². The molecule has 1 amide bonds. The van der Waals surface area contributed by atoms with Gasteiger partial charge in [-0.3, -0.25) is 4.79 Å². The lowest BCUT2D eigenvalue weighted by Crippen LogP contribution is -2.40. The third-order valence-electron chi connectivity index (χ3n) is 2.79. The van der Waals surface area contributed by atoms with Gasteiger partial charge in [-0.2, -0.15) is 0 Å². The van der Waals surface area contributed by atoms with Crippen molar-refractivity contribution in [2.45, 2.75) is 25.4 Å². The number of hydrogen-bond donors (Lipinski definition) is 2. The maximum absolute atomic E-state index is 11.7. The summed E-state index contributed by atoms with van der Waals surface area (Å²) in [5, 5.41) is 6.13. The van der Waals surface area contributed by atoms with Gasteiger partial charge in [-0.05, 0) is 31.0 Å². The quantitative estimate of drug-likeness (QED) is 0.888. The van der Waals surface area contributed by atoms with Crippen LogP contribution in [-0.2, 0) is 11.3 Å². The fraction of sp³-hybridized carbons (Fsp3) is 0.417. The van der Waals surface area contributed by atoms with Crippen molar-refractivity contribution in [2.24, 2.45) is 0 Å². The molecule has 1 aromatic rings. The second kappa shape index (κ2) is 5.46. The van der Waals surface area contributed by atoms with Crippen LogP contribution in [0.4, 0.5) is 0 Å². The van der Waals surface area contributed by atoms with Gasteiger partial charge in [-0.1, -0.05) is 34.1 Å². The van der Waals surface area contributed by atoms with E-state index in [4.69, 9.17) is 0 Å². The maximum Gasteiger partial charge on any atom is 0.237 e. The third kappa shape index (κ3) is 2.83. The molecule has 0 bridgehead atoms. The minimum Gasteiger partial charge on any atom is -0.351 e. The molecule has 86 valence electrons. The number of hydrogen-bond acceptors (Lipinski definition) is 2. The lowest BCUT2D eigenvalue weighted by atomic mass is 10.2. The Hall–Kier alpha value is -0.870. The Kier molecular flexibility index (Phi) is 3.96. The first-order chi connectivity index (χ1) is 7.77. The van der Waals surface area contributed by atoms with Crippen molar-refractivity contribution in [3.05, 3.63) is 34.3 Å². The molecule has 0 saturated carbocycles. The normalized spacial score (nSPS) is 19.7. The van der Waals surface area contributed by atoms with E-state index in [1.54, 1.807) is 0 Å². The van der Waals surface area contributed by atoms with Gasteiger partial charge in [-0.25, -0.2) is 0 Å². The highest BCUT2D eigenvalue weighted by Crippen LogP contribution is 2.15. The molecule has 1 fully saturated rings. The van der Waals surface area contributed by atoms with E-state index in [0.29, 0.717) is 6.54 Å². The van der Waals surface area contributed by atoms with E-state index in [1.807, 2.05) is 24.3 Å². The molecule has 1 atom stereocenters. The molecular weight excluding hydrogens is 268 g/mol. The zero-order valence-corrected chi connectivity index (χ0v) is 10.6. The molecule has 1 aliphatic heterocycles. The molecule has 1 unspecified atom stereocenters. The third-order valence-corrected chi connectivity index (χ3v) is 3.56. The van der Waals surface area contributed by atoms with Crippen molar-refractivity contribution in [2.75, 3.05) is 6.54 Å². The summed E-state index contributed by atoms with van der Waals surface area (Å²) in [4.78, 5) is 11.7. The van der Waals surface area contributed by atoms with E-state index >= 15 is 0 Å². The largest absolute Gasteiger partial charge is 0.351 e. The van der Waals surface area contributed by atoms with Gasteiger partial charge in [0.05, 0.1) is 6.04 Å². The average Bonchev–Trinajstić information content (AvgIpc) is 2.81. The summed E-state index contributed by atoms with van der Waals surface area (Å²) < 4.78 is 1.04. The molecule has 1 aliphatic rings. The van der Waals surface area contributed by atoms with Crippen molar-refractivity contribution in [1.29, 1.82) is 0 Å². The highest BCUT2D eigenvalue weighted by molar-refractivity contribution is 9.10. The number of amides is 1. The van der Waals surface area contributed by atoms with E-state index in [9.17, 15) is 4.79 Å². The molecule has 0 radical (unpaired) electrons. The molecule has 1 heterocycles. The summed E-state index contributed by atoms with van der Waals surface area (Å²) in [6.07, 6.45) is 2.04. The summed E-state index contributed by atoms with van der Waals surface area (Å²) in [6.45, 7) is 1.53. The number of halogens is 1. The van der Waals surface area contributed by atoms with Crippen molar-refractivity contribution in [3.8, 4) is 0 Å². The summed E-state index contributed by atoms with van der Waals surface area (Å²) in [7, 11) is 0. The first-order valence-corrected chi connectivity index (χ1v) is 6.31. The molecule has 3 nitrogen and oxygen atoms in total. The van der Waals surface area contributed by atoms with Gasteiger partial charge in [-0.15, -0.1) is 0 Å². The van der Waals surface area contributed by atoms with Crippen LogP contribution in [0.1, 0.15) is 18.4 Å². The molecule has 0 spiro atoms. The van der Waals surface area contributed by atoms with Crippen LogP contribution in [0.5, 0.6) is 0 Å². The van der Waals surface area contributed by atoms with E-state index in [0.717, 1.165) is 29.4 Å². The number of benzene rings is 1. The molecular formula is C12H15BrN2O. The second-order valence-electron chi connectivity index (χ2n) is 3.96. The fourth-order valence-electron chi connectivity index (χ4n) is 1.86. The highest BCUT2D eigenvalue weighted by Gasteiger charge is 2.21. The zero-order chi connectivity index (χ0) is 11.4. The summed E-state index contributed by atoms with van der Waals surface area (Å²) in [5.74, 6) is 0.105. The van der Waals surface area contributed by atoms with Crippen molar-refractivity contribution >= 4 is 21.8 Å². The lowest BCUT2D eigenvalue weighted by Gasteiger charge is -2.11. The van der Waals surface area contributed by atoms with Crippen LogP contribution in [0.3, 0.4) is 0 Å². The van der Waals surface area contributed by atoms with Gasteiger partial charge < -0.3 is 10.6 Å². The zero-order valence-electron chi connectivity index (χ0n) is 9.00. The number of nitrogens with one attached hydrogen (secondary N) is 2. The van der Waals surface area contributed by atoms with Gasteiger partial charge in [0.15, 0.2) is 0 Å². The molecule has 1 aromatic carbocycles. The molecule has 0 aromatic heterocycles. The van der Waals surface area contributed by atoms with Crippen LogP contribution in [0, 0.1) is 0 Å². The Morgan fingerprint density at radius 2 is 2.31 bits per heavy atom. The van der Waals surface area contributed by atoms with E-state index in [2.05, 4.69) is 26.6 Å². The summed E-state index contributed by atoms with van der Waals surface area (Å²) in [6, 6.07) is 7.93. The smallest absolute Gasteiger partial charge is 0.237 e. The molecule has 2 N–H and O–H groups in total. The minimum absolute atomic E-state index is 0.00230. The summed E-state index contributed by atoms with van der Waals surface area (Å²) in [5.41, 5.74) is 1.11. The maximum atomic E-state index is 11.7.